The lowest BCUT2D eigenvalue weighted by atomic mass is 10.2. The molecule has 1 rings (SSSR count). The van der Waals surface area contributed by atoms with Gasteiger partial charge in [0.05, 0.1) is 6.61 Å². The molecule has 4 nitrogen and oxygen atoms in total. The standard InChI is InChI=1S/C15H22O4/c1-6-17-12-8-7-9-13(10-12)18-11(2)14(16)19-15(3,4)5/h7-11H,6H2,1-5H3. The lowest BCUT2D eigenvalue weighted by Crippen LogP contribution is -2.33. The summed E-state index contributed by atoms with van der Waals surface area (Å²) >= 11 is 0. The first kappa shape index (κ1) is 15.3. The Hall–Kier alpha value is -1.71. The maximum atomic E-state index is 11.8. The first-order valence-corrected chi connectivity index (χ1v) is 6.44. The Kier molecular flexibility index (Phi) is 5.21. The van der Waals surface area contributed by atoms with Gasteiger partial charge in [-0.2, -0.15) is 0 Å². The van der Waals surface area contributed by atoms with Crippen molar-refractivity contribution < 1.29 is 19.0 Å². The van der Waals surface area contributed by atoms with E-state index in [1.165, 1.54) is 0 Å². The van der Waals surface area contributed by atoms with Crippen molar-refractivity contribution in [1.29, 1.82) is 0 Å². The van der Waals surface area contributed by atoms with Crippen molar-refractivity contribution in [3.63, 3.8) is 0 Å². The largest absolute Gasteiger partial charge is 0.494 e. The second-order valence-electron chi connectivity index (χ2n) is 5.20. The molecule has 0 aliphatic heterocycles. The molecule has 1 aromatic rings. The Morgan fingerprint density at radius 2 is 1.89 bits per heavy atom. The normalized spacial score (nSPS) is 12.7. The van der Waals surface area contributed by atoms with Crippen molar-refractivity contribution in [1.82, 2.24) is 0 Å². The van der Waals surface area contributed by atoms with Crippen molar-refractivity contribution in [2.45, 2.75) is 46.3 Å². The van der Waals surface area contributed by atoms with Gasteiger partial charge in [-0.3, -0.25) is 0 Å². The van der Waals surface area contributed by atoms with Gasteiger partial charge in [0.2, 0.25) is 0 Å². The Morgan fingerprint density at radius 1 is 1.26 bits per heavy atom. The molecule has 0 spiro atoms. The Morgan fingerprint density at radius 3 is 2.47 bits per heavy atom. The molecular weight excluding hydrogens is 244 g/mol. The Balaban J connectivity index is 2.63. The Bertz CT molecular complexity index is 420. The lowest BCUT2D eigenvalue weighted by molar-refractivity contribution is -0.162. The van der Waals surface area contributed by atoms with Gasteiger partial charge in [-0.25, -0.2) is 4.79 Å². The maximum Gasteiger partial charge on any atom is 0.347 e. The van der Waals surface area contributed by atoms with Gasteiger partial charge in [-0.1, -0.05) is 6.07 Å². The molecule has 1 unspecified atom stereocenters. The summed E-state index contributed by atoms with van der Waals surface area (Å²) in [5.74, 6) is 0.926. The van der Waals surface area contributed by atoms with E-state index in [0.29, 0.717) is 12.4 Å². The van der Waals surface area contributed by atoms with E-state index < -0.39 is 11.7 Å². The van der Waals surface area contributed by atoms with Crippen LogP contribution in [0.1, 0.15) is 34.6 Å². The number of hydrogen-bond acceptors (Lipinski definition) is 4. The summed E-state index contributed by atoms with van der Waals surface area (Å²) in [6, 6.07) is 7.20. The molecule has 0 heterocycles. The summed E-state index contributed by atoms with van der Waals surface area (Å²) in [5, 5.41) is 0. The van der Waals surface area contributed by atoms with Crippen LogP contribution in [-0.4, -0.2) is 24.3 Å². The summed E-state index contributed by atoms with van der Waals surface area (Å²) in [4.78, 5) is 11.8. The van der Waals surface area contributed by atoms with E-state index in [9.17, 15) is 4.79 Å². The predicted molar refractivity (Wildman–Crippen MR) is 73.5 cm³/mol. The van der Waals surface area contributed by atoms with Crippen LogP contribution in [0.25, 0.3) is 0 Å². The summed E-state index contributed by atoms with van der Waals surface area (Å²) in [6.45, 7) is 9.65. The van der Waals surface area contributed by atoms with Crippen LogP contribution in [-0.2, 0) is 9.53 Å². The minimum absolute atomic E-state index is 0.380. The van der Waals surface area contributed by atoms with E-state index in [0.717, 1.165) is 5.75 Å². The fourth-order valence-electron chi connectivity index (χ4n) is 1.44. The molecule has 0 fully saturated rings. The fraction of sp³-hybridized carbons (Fsp3) is 0.533. The molecule has 0 aliphatic rings. The minimum Gasteiger partial charge on any atom is -0.494 e. The van der Waals surface area contributed by atoms with Gasteiger partial charge in [0.25, 0.3) is 0 Å². The van der Waals surface area contributed by atoms with Gasteiger partial charge in [-0.05, 0) is 46.8 Å². The van der Waals surface area contributed by atoms with Crippen molar-refractivity contribution >= 4 is 5.97 Å². The zero-order valence-electron chi connectivity index (χ0n) is 12.2. The van der Waals surface area contributed by atoms with E-state index in [1.54, 1.807) is 19.1 Å². The highest BCUT2D eigenvalue weighted by Crippen LogP contribution is 2.21. The molecule has 0 aliphatic carbocycles. The van der Waals surface area contributed by atoms with Crippen molar-refractivity contribution in [2.75, 3.05) is 6.61 Å². The molecule has 0 saturated heterocycles. The number of rotatable bonds is 5. The van der Waals surface area contributed by atoms with Crippen LogP contribution in [0.15, 0.2) is 24.3 Å². The highest BCUT2D eigenvalue weighted by molar-refractivity contribution is 5.75. The Labute approximate surface area is 114 Å². The molecule has 0 bridgehead atoms. The summed E-state index contributed by atoms with van der Waals surface area (Å²) in [5.41, 5.74) is -0.512. The first-order chi connectivity index (χ1) is 8.81. The SMILES string of the molecule is CCOc1cccc(OC(C)C(=O)OC(C)(C)C)c1. The van der Waals surface area contributed by atoms with Crippen LogP contribution in [0.4, 0.5) is 0 Å². The number of benzene rings is 1. The molecule has 0 aromatic heterocycles. The smallest absolute Gasteiger partial charge is 0.347 e. The summed E-state index contributed by atoms with van der Waals surface area (Å²) in [6.07, 6.45) is -0.656. The quantitative estimate of drug-likeness (QED) is 0.768. The molecule has 106 valence electrons. The molecule has 19 heavy (non-hydrogen) atoms. The van der Waals surface area contributed by atoms with E-state index in [4.69, 9.17) is 14.2 Å². The first-order valence-electron chi connectivity index (χ1n) is 6.44. The van der Waals surface area contributed by atoms with Crippen LogP contribution in [0.2, 0.25) is 0 Å². The van der Waals surface area contributed by atoms with E-state index in [1.807, 2.05) is 39.8 Å². The summed E-state index contributed by atoms with van der Waals surface area (Å²) < 4.78 is 16.2. The van der Waals surface area contributed by atoms with E-state index >= 15 is 0 Å². The number of esters is 1. The third kappa shape index (κ3) is 5.64. The third-order valence-electron chi connectivity index (χ3n) is 2.17. The zero-order chi connectivity index (χ0) is 14.5. The highest BCUT2D eigenvalue weighted by Gasteiger charge is 2.23. The van der Waals surface area contributed by atoms with Crippen LogP contribution in [0.3, 0.4) is 0 Å². The monoisotopic (exact) mass is 266 g/mol. The van der Waals surface area contributed by atoms with Gasteiger partial charge in [-0.15, -0.1) is 0 Å². The third-order valence-corrected chi connectivity index (χ3v) is 2.17. The van der Waals surface area contributed by atoms with Gasteiger partial charge in [0.1, 0.15) is 17.1 Å². The molecule has 1 atom stereocenters. The molecule has 0 saturated carbocycles. The average molecular weight is 266 g/mol. The van der Waals surface area contributed by atoms with Gasteiger partial charge in [0, 0.05) is 6.07 Å². The molecular formula is C15H22O4. The number of carbonyl (C=O) groups is 1. The van der Waals surface area contributed by atoms with Crippen LogP contribution in [0.5, 0.6) is 11.5 Å². The van der Waals surface area contributed by atoms with Crippen LogP contribution < -0.4 is 9.47 Å². The minimum atomic E-state index is -0.656. The fourth-order valence-corrected chi connectivity index (χ4v) is 1.44. The summed E-state index contributed by atoms with van der Waals surface area (Å²) in [7, 11) is 0. The second-order valence-corrected chi connectivity index (χ2v) is 5.20. The molecule has 1 aromatic carbocycles. The predicted octanol–water partition coefficient (Wildman–Crippen LogP) is 3.19. The van der Waals surface area contributed by atoms with Crippen LogP contribution in [0, 0.1) is 0 Å². The molecule has 0 radical (unpaired) electrons. The van der Waals surface area contributed by atoms with Crippen LogP contribution >= 0.6 is 0 Å². The topological polar surface area (TPSA) is 44.8 Å². The number of hydrogen-bond donors (Lipinski definition) is 0. The van der Waals surface area contributed by atoms with Crippen molar-refractivity contribution in [3.8, 4) is 11.5 Å². The zero-order valence-corrected chi connectivity index (χ0v) is 12.2. The highest BCUT2D eigenvalue weighted by atomic mass is 16.6. The molecule has 4 heteroatoms. The van der Waals surface area contributed by atoms with Crippen molar-refractivity contribution in [2.24, 2.45) is 0 Å². The van der Waals surface area contributed by atoms with Gasteiger partial charge < -0.3 is 14.2 Å². The van der Waals surface area contributed by atoms with Gasteiger partial charge >= 0.3 is 5.97 Å². The average Bonchev–Trinajstić information content (AvgIpc) is 2.27. The van der Waals surface area contributed by atoms with E-state index in [-0.39, 0.29) is 5.97 Å². The van der Waals surface area contributed by atoms with E-state index in [2.05, 4.69) is 0 Å². The van der Waals surface area contributed by atoms with Crippen molar-refractivity contribution in [3.05, 3.63) is 24.3 Å². The second kappa shape index (κ2) is 6.45. The maximum absolute atomic E-state index is 11.8. The molecule has 0 amide bonds. The van der Waals surface area contributed by atoms with Gasteiger partial charge in [0.15, 0.2) is 6.10 Å². The number of ether oxygens (including phenoxy) is 3. The molecule has 0 N–H and O–H groups in total. The lowest BCUT2D eigenvalue weighted by Gasteiger charge is -2.22. The number of carbonyl (C=O) groups excluding carboxylic acids is 1.